The quantitative estimate of drug-likeness (QED) is 0.517. The molecule has 0 saturated carbocycles. The van der Waals surface area contributed by atoms with Gasteiger partial charge in [-0.25, -0.2) is 0 Å². The highest BCUT2D eigenvalue weighted by atomic mass is 16.6. The number of aromatic amines is 1. The van der Waals surface area contributed by atoms with Crippen molar-refractivity contribution in [3.63, 3.8) is 0 Å². The van der Waals surface area contributed by atoms with Gasteiger partial charge in [0.15, 0.2) is 0 Å². The summed E-state index contributed by atoms with van der Waals surface area (Å²) >= 11 is 0. The van der Waals surface area contributed by atoms with Gasteiger partial charge in [0.25, 0.3) is 23.1 Å². The van der Waals surface area contributed by atoms with E-state index in [-0.39, 0.29) is 28.9 Å². The fourth-order valence-corrected chi connectivity index (χ4v) is 2.29. The Morgan fingerprint density at radius 1 is 1.09 bits per heavy atom. The van der Waals surface area contributed by atoms with Crippen LogP contribution in [0.5, 0.6) is 0 Å². The summed E-state index contributed by atoms with van der Waals surface area (Å²) in [6.07, 6.45) is 0.966. The summed E-state index contributed by atoms with van der Waals surface area (Å²) < 4.78 is 0. The third-order valence-corrected chi connectivity index (χ3v) is 3.38. The average Bonchev–Trinajstić information content (AvgIpc) is 2.74. The number of fused-ring (bicyclic) bond motifs is 1. The van der Waals surface area contributed by atoms with Crippen molar-refractivity contribution in [3.8, 4) is 0 Å². The van der Waals surface area contributed by atoms with E-state index in [1.807, 2.05) is 0 Å². The van der Waals surface area contributed by atoms with Gasteiger partial charge >= 0.3 is 0 Å². The molecule has 2 amide bonds. The highest BCUT2D eigenvalue weighted by molar-refractivity contribution is 6.21. The highest BCUT2D eigenvalue weighted by Crippen LogP contribution is 2.24. The maximum Gasteiger partial charge on any atom is 0.285 e. The van der Waals surface area contributed by atoms with Gasteiger partial charge in [0.2, 0.25) is 0 Å². The monoisotopic (exact) mass is 299 g/mol. The number of nitro groups is 1. The Bertz CT molecular complexity index is 836. The van der Waals surface area contributed by atoms with E-state index in [0.717, 1.165) is 17.2 Å². The van der Waals surface area contributed by atoms with Crippen LogP contribution in [0.3, 0.4) is 0 Å². The molecule has 8 nitrogen and oxygen atoms in total. The first-order valence-corrected chi connectivity index (χ1v) is 6.30. The van der Waals surface area contributed by atoms with Crippen LogP contribution in [0.15, 0.2) is 41.3 Å². The van der Waals surface area contributed by atoms with Crippen LogP contribution in [0.4, 0.5) is 5.69 Å². The van der Waals surface area contributed by atoms with Crippen LogP contribution in [0.25, 0.3) is 0 Å². The highest BCUT2D eigenvalue weighted by Gasteiger charge is 2.35. The summed E-state index contributed by atoms with van der Waals surface area (Å²) in [6, 6.07) is 7.37. The smallest absolute Gasteiger partial charge is 0.285 e. The Morgan fingerprint density at radius 2 is 1.68 bits per heavy atom. The van der Waals surface area contributed by atoms with Crippen LogP contribution in [-0.4, -0.2) is 26.6 Å². The van der Waals surface area contributed by atoms with Crippen molar-refractivity contribution in [1.29, 1.82) is 0 Å². The number of imide groups is 1. The van der Waals surface area contributed by atoms with E-state index >= 15 is 0 Å². The maximum absolute atomic E-state index is 12.2. The Kier molecular flexibility index (Phi) is 3.06. The second kappa shape index (κ2) is 4.92. The molecule has 0 radical (unpaired) electrons. The number of H-pyrrole nitrogens is 1. The molecule has 1 aromatic carbocycles. The van der Waals surface area contributed by atoms with Crippen LogP contribution in [0.2, 0.25) is 0 Å². The molecular formula is C14H9N3O5. The summed E-state index contributed by atoms with van der Waals surface area (Å²) in [5.41, 5.74) is -0.402. The van der Waals surface area contributed by atoms with Gasteiger partial charge in [-0.1, -0.05) is 12.1 Å². The fourth-order valence-electron chi connectivity index (χ4n) is 2.29. The van der Waals surface area contributed by atoms with Crippen molar-refractivity contribution in [1.82, 2.24) is 9.88 Å². The summed E-state index contributed by atoms with van der Waals surface area (Å²) in [6.45, 7) is -0.316. The van der Waals surface area contributed by atoms with Crippen molar-refractivity contribution in [3.05, 3.63) is 73.7 Å². The van der Waals surface area contributed by atoms with Gasteiger partial charge in [0.05, 0.1) is 28.8 Å². The van der Waals surface area contributed by atoms with Crippen LogP contribution < -0.4 is 5.56 Å². The second-order valence-electron chi connectivity index (χ2n) is 4.71. The molecule has 1 N–H and O–H groups in total. The van der Waals surface area contributed by atoms with Gasteiger partial charge in [-0.2, -0.15) is 0 Å². The Hall–Kier alpha value is -3.29. The SMILES string of the molecule is O=C1c2ccccc2C(=O)N1Cc1cc([N+](=O)[O-])c[nH]c1=O. The maximum atomic E-state index is 12.2. The Balaban J connectivity index is 1.97. The predicted molar refractivity (Wildman–Crippen MR) is 74.4 cm³/mol. The van der Waals surface area contributed by atoms with Gasteiger partial charge in [0, 0.05) is 11.6 Å². The zero-order valence-corrected chi connectivity index (χ0v) is 11.1. The summed E-state index contributed by atoms with van der Waals surface area (Å²) in [4.78, 5) is 49.4. The first kappa shape index (κ1) is 13.7. The largest absolute Gasteiger partial charge is 0.322 e. The van der Waals surface area contributed by atoms with Crippen LogP contribution in [0.1, 0.15) is 26.3 Å². The second-order valence-corrected chi connectivity index (χ2v) is 4.71. The van der Waals surface area contributed by atoms with Crippen molar-refractivity contribution < 1.29 is 14.5 Å². The molecule has 1 aliphatic heterocycles. The topological polar surface area (TPSA) is 113 Å². The molecule has 1 aromatic heterocycles. The zero-order chi connectivity index (χ0) is 15.9. The summed E-state index contributed by atoms with van der Waals surface area (Å²) in [5.74, 6) is -1.04. The molecule has 22 heavy (non-hydrogen) atoms. The molecule has 0 atom stereocenters. The van der Waals surface area contributed by atoms with E-state index in [4.69, 9.17) is 0 Å². The molecule has 0 unspecified atom stereocenters. The van der Waals surface area contributed by atoms with Gasteiger partial charge in [-0.05, 0) is 12.1 Å². The number of nitrogens with one attached hydrogen (secondary N) is 1. The average molecular weight is 299 g/mol. The molecule has 110 valence electrons. The van der Waals surface area contributed by atoms with Crippen molar-refractivity contribution in [2.75, 3.05) is 0 Å². The fraction of sp³-hybridized carbons (Fsp3) is 0.0714. The van der Waals surface area contributed by atoms with Gasteiger partial charge in [0.1, 0.15) is 0 Å². The first-order valence-electron chi connectivity index (χ1n) is 6.30. The molecule has 0 aliphatic carbocycles. The van der Waals surface area contributed by atoms with Gasteiger partial charge < -0.3 is 4.98 Å². The minimum atomic E-state index is -0.665. The Morgan fingerprint density at radius 3 is 2.23 bits per heavy atom. The molecule has 2 aromatic rings. The molecule has 8 heteroatoms. The third kappa shape index (κ3) is 2.06. The van der Waals surface area contributed by atoms with Crippen LogP contribution in [0, 0.1) is 10.1 Å². The number of hydrogen-bond acceptors (Lipinski definition) is 5. The normalized spacial score (nSPS) is 13.4. The van der Waals surface area contributed by atoms with E-state index < -0.39 is 22.3 Å². The lowest BCUT2D eigenvalue weighted by molar-refractivity contribution is -0.385. The van der Waals surface area contributed by atoms with Crippen molar-refractivity contribution in [2.45, 2.75) is 6.54 Å². The number of amides is 2. The number of rotatable bonds is 3. The van der Waals surface area contributed by atoms with E-state index in [1.54, 1.807) is 12.1 Å². The van der Waals surface area contributed by atoms with E-state index in [0.29, 0.717) is 0 Å². The number of hydrogen-bond donors (Lipinski definition) is 1. The molecular weight excluding hydrogens is 290 g/mol. The number of carbonyl (C=O) groups excluding carboxylic acids is 2. The zero-order valence-electron chi connectivity index (χ0n) is 11.1. The lowest BCUT2D eigenvalue weighted by Crippen LogP contribution is -2.31. The van der Waals surface area contributed by atoms with E-state index in [2.05, 4.69) is 4.98 Å². The number of nitrogens with zero attached hydrogens (tertiary/aromatic N) is 2. The Labute approximate surface area is 123 Å². The third-order valence-electron chi connectivity index (χ3n) is 3.38. The minimum absolute atomic E-state index is 0.0243. The number of carbonyl (C=O) groups is 2. The van der Waals surface area contributed by atoms with Crippen LogP contribution in [-0.2, 0) is 6.54 Å². The van der Waals surface area contributed by atoms with E-state index in [9.17, 15) is 24.5 Å². The molecule has 0 fully saturated rings. The molecule has 0 bridgehead atoms. The van der Waals surface area contributed by atoms with Gasteiger partial charge in [-0.15, -0.1) is 0 Å². The van der Waals surface area contributed by atoms with Crippen molar-refractivity contribution >= 4 is 17.5 Å². The van der Waals surface area contributed by atoms with E-state index in [1.165, 1.54) is 12.1 Å². The standard InChI is InChI=1S/C14H9N3O5/c18-12-8(5-9(6-15-12)17(21)22)7-16-13(19)10-3-1-2-4-11(10)14(16)20/h1-6H,7H2,(H,15,18). The summed E-state index contributed by atoms with van der Waals surface area (Å²) in [5, 5.41) is 10.7. The van der Waals surface area contributed by atoms with Gasteiger partial charge in [-0.3, -0.25) is 29.4 Å². The number of benzene rings is 1. The van der Waals surface area contributed by atoms with Crippen LogP contribution >= 0.6 is 0 Å². The molecule has 2 heterocycles. The lowest BCUT2D eigenvalue weighted by atomic mass is 10.1. The number of pyridine rings is 1. The lowest BCUT2D eigenvalue weighted by Gasteiger charge is -2.12. The molecule has 0 spiro atoms. The number of aromatic nitrogens is 1. The first-order chi connectivity index (χ1) is 10.5. The molecule has 3 rings (SSSR count). The molecule has 1 aliphatic rings. The molecule has 0 saturated heterocycles. The minimum Gasteiger partial charge on any atom is -0.322 e. The van der Waals surface area contributed by atoms with Crippen molar-refractivity contribution in [2.24, 2.45) is 0 Å². The summed E-state index contributed by atoms with van der Waals surface area (Å²) in [7, 11) is 0. The predicted octanol–water partition coefficient (Wildman–Crippen LogP) is 1.08.